The number of hydrogen-bond acceptors (Lipinski definition) is 5. The number of likely N-dealkylation sites (N-methyl/N-ethyl adjacent to an activating group) is 1. The summed E-state index contributed by atoms with van der Waals surface area (Å²) in [4.78, 5) is 10.0. The predicted octanol–water partition coefficient (Wildman–Crippen LogP) is 2.03. The van der Waals surface area contributed by atoms with Crippen molar-refractivity contribution in [1.29, 1.82) is 0 Å². The smallest absolute Gasteiger partial charge is 0.114 e. The molecule has 0 bridgehead atoms. The lowest BCUT2D eigenvalue weighted by atomic mass is 10.1. The molecule has 2 heterocycles. The van der Waals surface area contributed by atoms with E-state index in [0.29, 0.717) is 13.0 Å². The number of likely N-dealkylation sites (tertiary alicyclic amines) is 1. The summed E-state index contributed by atoms with van der Waals surface area (Å²) in [6.07, 6.45) is -0.102. The molecule has 0 amide bonds. The summed E-state index contributed by atoms with van der Waals surface area (Å²) in [5.41, 5.74) is 8.78. The second-order valence-electron chi connectivity index (χ2n) is 6.96. The minimum atomic E-state index is -0.720. The van der Waals surface area contributed by atoms with E-state index < -0.39 is 6.17 Å². The Kier molecular flexibility index (Phi) is 5.35. The quantitative estimate of drug-likeness (QED) is 0.873. The fraction of sp³-hybridized carbons (Fsp3) is 0.800. The molecule has 0 aliphatic carbocycles. The van der Waals surface area contributed by atoms with Crippen LogP contribution in [0, 0.1) is 6.92 Å². The van der Waals surface area contributed by atoms with Gasteiger partial charge in [0.15, 0.2) is 0 Å². The first-order valence-corrected chi connectivity index (χ1v) is 8.37. The van der Waals surface area contributed by atoms with E-state index in [0.717, 1.165) is 25.3 Å². The van der Waals surface area contributed by atoms with Crippen LogP contribution in [-0.2, 0) is 6.54 Å². The maximum Gasteiger partial charge on any atom is 0.114 e. The van der Waals surface area contributed by atoms with E-state index in [1.807, 2.05) is 26.3 Å². The van der Waals surface area contributed by atoms with Gasteiger partial charge >= 0.3 is 0 Å². The van der Waals surface area contributed by atoms with Crippen LogP contribution in [0.5, 0.6) is 0 Å². The third-order valence-corrected chi connectivity index (χ3v) is 4.79. The molecule has 1 aromatic rings. The van der Waals surface area contributed by atoms with Gasteiger partial charge in [-0.2, -0.15) is 0 Å². The first-order chi connectivity index (χ1) is 9.74. The van der Waals surface area contributed by atoms with Crippen molar-refractivity contribution in [2.24, 2.45) is 5.73 Å². The highest BCUT2D eigenvalue weighted by molar-refractivity contribution is 7.09. The van der Waals surface area contributed by atoms with Gasteiger partial charge in [0, 0.05) is 42.6 Å². The van der Waals surface area contributed by atoms with Gasteiger partial charge in [0.05, 0.1) is 11.2 Å². The second-order valence-corrected chi connectivity index (χ2v) is 7.90. The zero-order chi connectivity index (χ0) is 15.6. The largest absolute Gasteiger partial charge is 0.324 e. The van der Waals surface area contributed by atoms with Crippen LogP contribution in [-0.4, -0.2) is 59.2 Å². The number of thiazole rings is 1. The summed E-state index contributed by atoms with van der Waals surface area (Å²) >= 11 is 1.66. The molecule has 1 aliphatic rings. The summed E-state index contributed by atoms with van der Waals surface area (Å²) in [7, 11) is 2.07. The van der Waals surface area contributed by atoms with Gasteiger partial charge in [-0.05, 0) is 34.2 Å². The van der Waals surface area contributed by atoms with E-state index in [4.69, 9.17) is 5.73 Å². The van der Waals surface area contributed by atoms with E-state index in [9.17, 15) is 4.39 Å². The summed E-state index contributed by atoms with van der Waals surface area (Å²) in [6, 6.07) is 0.258. The van der Waals surface area contributed by atoms with Crippen LogP contribution in [0.3, 0.4) is 0 Å². The van der Waals surface area contributed by atoms with Crippen molar-refractivity contribution in [3.8, 4) is 0 Å². The fourth-order valence-electron chi connectivity index (χ4n) is 3.09. The third-order valence-electron chi connectivity index (χ3n) is 3.87. The molecule has 0 radical (unpaired) electrons. The molecule has 0 unspecified atom stereocenters. The fourth-order valence-corrected chi connectivity index (χ4v) is 3.89. The van der Waals surface area contributed by atoms with Crippen molar-refractivity contribution in [2.45, 2.75) is 51.5 Å². The van der Waals surface area contributed by atoms with E-state index in [-0.39, 0.29) is 11.6 Å². The number of rotatable bonds is 6. The van der Waals surface area contributed by atoms with E-state index >= 15 is 0 Å². The number of aromatic nitrogens is 1. The maximum absolute atomic E-state index is 13.8. The van der Waals surface area contributed by atoms with Crippen LogP contribution in [0.15, 0.2) is 5.51 Å². The minimum absolute atomic E-state index is 0.221. The van der Waals surface area contributed by atoms with Crippen molar-refractivity contribution in [2.75, 3.05) is 26.7 Å². The number of halogens is 1. The Morgan fingerprint density at radius 1 is 1.57 bits per heavy atom. The van der Waals surface area contributed by atoms with Gasteiger partial charge < -0.3 is 10.6 Å². The zero-order valence-corrected chi connectivity index (χ0v) is 14.3. The Labute approximate surface area is 131 Å². The van der Waals surface area contributed by atoms with Gasteiger partial charge in [0.1, 0.15) is 6.17 Å². The Bertz CT molecular complexity index is 457. The van der Waals surface area contributed by atoms with Gasteiger partial charge in [-0.3, -0.25) is 4.90 Å². The lowest BCUT2D eigenvalue weighted by molar-refractivity contribution is 0.170. The summed E-state index contributed by atoms with van der Waals surface area (Å²) in [5.74, 6) is 0. The molecule has 1 saturated heterocycles. The van der Waals surface area contributed by atoms with Crippen molar-refractivity contribution >= 4 is 11.3 Å². The van der Waals surface area contributed by atoms with Crippen LogP contribution in [0.1, 0.15) is 30.8 Å². The Morgan fingerprint density at radius 3 is 2.86 bits per heavy atom. The van der Waals surface area contributed by atoms with E-state index in [1.54, 1.807) is 11.3 Å². The molecule has 1 aromatic heterocycles. The highest BCUT2D eigenvalue weighted by Gasteiger charge is 2.33. The molecule has 0 saturated carbocycles. The van der Waals surface area contributed by atoms with Crippen LogP contribution < -0.4 is 5.73 Å². The van der Waals surface area contributed by atoms with Gasteiger partial charge in [-0.25, -0.2) is 9.37 Å². The molecular weight excluding hydrogens is 287 g/mol. The predicted molar refractivity (Wildman–Crippen MR) is 86.3 cm³/mol. The number of alkyl halides is 1. The molecule has 21 heavy (non-hydrogen) atoms. The number of nitrogens with two attached hydrogens (primary N) is 1. The lowest BCUT2D eigenvalue weighted by Crippen LogP contribution is -2.47. The van der Waals surface area contributed by atoms with E-state index in [1.165, 1.54) is 4.88 Å². The first-order valence-electron chi connectivity index (χ1n) is 7.49. The number of nitrogens with zero attached hydrogens (tertiary/aromatic N) is 3. The summed E-state index contributed by atoms with van der Waals surface area (Å²) in [5, 5.41) is 0. The van der Waals surface area contributed by atoms with Crippen molar-refractivity contribution in [3.05, 3.63) is 16.1 Å². The topological polar surface area (TPSA) is 45.4 Å². The van der Waals surface area contributed by atoms with Crippen LogP contribution in [0.2, 0.25) is 0 Å². The zero-order valence-electron chi connectivity index (χ0n) is 13.5. The van der Waals surface area contributed by atoms with Crippen LogP contribution in [0.25, 0.3) is 0 Å². The Morgan fingerprint density at radius 2 is 2.29 bits per heavy atom. The molecule has 6 heteroatoms. The van der Waals surface area contributed by atoms with Gasteiger partial charge in [0.2, 0.25) is 0 Å². The lowest BCUT2D eigenvalue weighted by Gasteiger charge is -2.31. The van der Waals surface area contributed by atoms with Crippen molar-refractivity contribution in [3.63, 3.8) is 0 Å². The van der Waals surface area contributed by atoms with Crippen molar-refractivity contribution < 1.29 is 4.39 Å². The van der Waals surface area contributed by atoms with Gasteiger partial charge in [-0.15, -0.1) is 11.3 Å². The number of aryl methyl sites for hydroxylation is 1. The van der Waals surface area contributed by atoms with Crippen molar-refractivity contribution in [1.82, 2.24) is 14.8 Å². The molecule has 2 N–H and O–H groups in total. The average molecular weight is 314 g/mol. The SMILES string of the molecule is Cc1ncsc1CN1C[C@@H](F)C[C@H]1CN(C)CC(C)(C)N. The molecule has 1 aliphatic heterocycles. The van der Waals surface area contributed by atoms with Gasteiger partial charge in [-0.1, -0.05) is 0 Å². The third kappa shape index (κ3) is 4.98. The molecule has 4 nitrogen and oxygen atoms in total. The number of hydrogen-bond donors (Lipinski definition) is 1. The van der Waals surface area contributed by atoms with E-state index in [2.05, 4.69) is 21.8 Å². The van der Waals surface area contributed by atoms with Crippen LogP contribution >= 0.6 is 11.3 Å². The first kappa shape index (κ1) is 16.8. The average Bonchev–Trinajstić information content (AvgIpc) is 2.84. The molecule has 2 rings (SSSR count). The molecule has 0 aromatic carbocycles. The maximum atomic E-state index is 13.8. The monoisotopic (exact) mass is 314 g/mol. The summed E-state index contributed by atoms with van der Waals surface area (Å²) < 4.78 is 13.8. The molecule has 120 valence electrons. The highest BCUT2D eigenvalue weighted by atomic mass is 32.1. The molecule has 0 spiro atoms. The molecule has 2 atom stereocenters. The van der Waals surface area contributed by atoms with Gasteiger partial charge in [0.25, 0.3) is 0 Å². The normalized spacial score (nSPS) is 24.1. The Hall–Kier alpha value is -0.560. The molecule has 1 fully saturated rings. The second kappa shape index (κ2) is 6.69. The van der Waals surface area contributed by atoms with Crippen LogP contribution in [0.4, 0.5) is 4.39 Å². The summed E-state index contributed by atoms with van der Waals surface area (Å²) in [6.45, 7) is 9.08. The minimum Gasteiger partial charge on any atom is -0.324 e. The Balaban J connectivity index is 1.95. The molecular formula is C15H27FN4S. The standard InChI is InChI=1S/C15H27FN4S/c1-11-14(21-10-18-11)8-20-6-12(16)5-13(20)7-19(4)9-15(2,3)17/h10,12-13H,5-9,17H2,1-4H3/t12-,13-/m0/s1. The highest BCUT2D eigenvalue weighted by Crippen LogP contribution is 2.25.